The normalized spacial score (nSPS) is 12.7. The van der Waals surface area contributed by atoms with E-state index in [1.165, 1.54) is 11.8 Å². The number of hydrogen-bond acceptors (Lipinski definition) is 4. The van der Waals surface area contributed by atoms with E-state index >= 15 is 0 Å². The maximum atomic E-state index is 11.7. The van der Waals surface area contributed by atoms with Crippen LogP contribution >= 0.6 is 11.8 Å². The van der Waals surface area contributed by atoms with E-state index in [2.05, 4.69) is 4.98 Å². The molecule has 0 amide bonds. The third kappa shape index (κ3) is 3.35. The molecule has 0 aliphatic carbocycles. The van der Waals surface area contributed by atoms with Crippen LogP contribution in [0.25, 0.3) is 0 Å². The summed E-state index contributed by atoms with van der Waals surface area (Å²) in [5, 5.41) is 9.38. The topological polar surface area (TPSA) is 55.1 Å². The van der Waals surface area contributed by atoms with Gasteiger partial charge < -0.3 is 9.67 Å². The van der Waals surface area contributed by atoms with Crippen molar-refractivity contribution in [2.75, 3.05) is 12.4 Å². The summed E-state index contributed by atoms with van der Waals surface area (Å²) >= 11 is 1.40. The molecule has 1 rings (SSSR count). The van der Waals surface area contributed by atoms with Gasteiger partial charge in [0.05, 0.1) is 0 Å². The Balaban J connectivity index is 2.73. The number of aromatic nitrogens is 2. The van der Waals surface area contributed by atoms with E-state index in [-0.39, 0.29) is 18.1 Å². The molecule has 5 heteroatoms. The summed E-state index contributed by atoms with van der Waals surface area (Å²) in [5.41, 5.74) is -0.0462. The second-order valence-corrected chi connectivity index (χ2v) is 4.43. The van der Waals surface area contributed by atoms with E-state index in [4.69, 9.17) is 5.11 Å². The third-order valence-electron chi connectivity index (χ3n) is 2.04. The van der Waals surface area contributed by atoms with Crippen molar-refractivity contribution >= 4 is 11.8 Å². The van der Waals surface area contributed by atoms with Crippen molar-refractivity contribution in [3.8, 4) is 0 Å². The molecule has 0 aliphatic heterocycles. The van der Waals surface area contributed by atoms with Gasteiger partial charge in [0.1, 0.15) is 0 Å². The molecule has 0 spiro atoms. The monoisotopic (exact) mass is 228 g/mol. The van der Waals surface area contributed by atoms with Gasteiger partial charge in [-0.3, -0.25) is 4.79 Å². The molecule has 0 bridgehead atoms. The van der Waals surface area contributed by atoms with Crippen molar-refractivity contribution in [2.24, 2.45) is 5.92 Å². The zero-order valence-electron chi connectivity index (χ0n) is 9.01. The summed E-state index contributed by atoms with van der Waals surface area (Å²) in [4.78, 5) is 15.8. The Kier molecular flexibility index (Phi) is 4.84. The van der Waals surface area contributed by atoms with E-state index in [0.717, 1.165) is 0 Å². The maximum absolute atomic E-state index is 11.7. The van der Waals surface area contributed by atoms with Gasteiger partial charge >= 0.3 is 0 Å². The average Bonchev–Trinajstić information content (AvgIpc) is 2.27. The highest BCUT2D eigenvalue weighted by atomic mass is 32.2. The number of rotatable bonds is 5. The van der Waals surface area contributed by atoms with Crippen molar-refractivity contribution in [3.63, 3.8) is 0 Å². The van der Waals surface area contributed by atoms with Crippen LogP contribution in [0.15, 0.2) is 22.2 Å². The van der Waals surface area contributed by atoms with Crippen LogP contribution in [-0.4, -0.2) is 27.0 Å². The third-order valence-corrected chi connectivity index (χ3v) is 3.33. The average molecular weight is 228 g/mol. The molecule has 1 aromatic heterocycles. The highest BCUT2D eigenvalue weighted by Gasteiger charge is 2.07. The number of aliphatic hydroxyl groups excluding tert-OH is 1. The number of thioether (sulfide) groups is 1. The minimum atomic E-state index is -0.0462. The van der Waals surface area contributed by atoms with E-state index < -0.39 is 0 Å². The van der Waals surface area contributed by atoms with E-state index in [0.29, 0.717) is 17.3 Å². The molecular weight excluding hydrogens is 212 g/mol. The fourth-order valence-corrected chi connectivity index (χ4v) is 1.97. The van der Waals surface area contributed by atoms with Crippen molar-refractivity contribution in [3.05, 3.63) is 22.7 Å². The summed E-state index contributed by atoms with van der Waals surface area (Å²) < 4.78 is 1.62. The van der Waals surface area contributed by atoms with Gasteiger partial charge in [0.2, 0.25) is 0 Å². The van der Waals surface area contributed by atoms with Crippen molar-refractivity contribution in [1.29, 1.82) is 0 Å². The minimum absolute atomic E-state index is 0.0462. The first-order valence-corrected chi connectivity index (χ1v) is 5.96. The van der Waals surface area contributed by atoms with Gasteiger partial charge in [0.15, 0.2) is 5.03 Å². The van der Waals surface area contributed by atoms with Crippen LogP contribution in [0.3, 0.4) is 0 Å². The molecule has 0 saturated heterocycles. The van der Waals surface area contributed by atoms with Crippen LogP contribution in [0.4, 0.5) is 0 Å². The largest absolute Gasteiger partial charge is 0.396 e. The maximum Gasteiger partial charge on any atom is 0.283 e. The lowest BCUT2D eigenvalue weighted by Crippen LogP contribution is -2.21. The first kappa shape index (κ1) is 12.3. The lowest BCUT2D eigenvalue weighted by Gasteiger charge is -2.07. The van der Waals surface area contributed by atoms with E-state index in [1.807, 2.05) is 13.8 Å². The second kappa shape index (κ2) is 5.92. The fourth-order valence-electron chi connectivity index (χ4n) is 1.05. The SMILES string of the molecule is CCn1ccnc(SCC(C)CO)c1=O. The molecule has 0 aliphatic rings. The quantitative estimate of drug-likeness (QED) is 0.763. The Hall–Kier alpha value is -0.810. The van der Waals surface area contributed by atoms with Crippen molar-refractivity contribution in [2.45, 2.75) is 25.4 Å². The number of hydrogen-bond donors (Lipinski definition) is 1. The van der Waals surface area contributed by atoms with E-state index in [1.54, 1.807) is 17.0 Å². The Labute approximate surface area is 93.3 Å². The van der Waals surface area contributed by atoms with Gasteiger partial charge in [-0.25, -0.2) is 4.98 Å². The fraction of sp³-hybridized carbons (Fsp3) is 0.600. The first-order chi connectivity index (χ1) is 7.19. The van der Waals surface area contributed by atoms with Crippen molar-refractivity contribution in [1.82, 2.24) is 9.55 Å². The van der Waals surface area contributed by atoms with Gasteiger partial charge in [0, 0.05) is 31.3 Å². The summed E-state index contributed by atoms with van der Waals surface area (Å²) in [6.45, 7) is 4.66. The summed E-state index contributed by atoms with van der Waals surface area (Å²) in [6.07, 6.45) is 3.32. The van der Waals surface area contributed by atoms with Crippen molar-refractivity contribution < 1.29 is 5.11 Å². The van der Waals surface area contributed by atoms with Crippen LogP contribution in [0.2, 0.25) is 0 Å². The Bertz CT molecular complexity index is 365. The molecule has 84 valence electrons. The van der Waals surface area contributed by atoms with E-state index in [9.17, 15) is 4.79 Å². The summed E-state index contributed by atoms with van der Waals surface area (Å²) in [6, 6.07) is 0. The lowest BCUT2D eigenvalue weighted by molar-refractivity contribution is 0.250. The van der Waals surface area contributed by atoms with Crippen LogP contribution in [-0.2, 0) is 6.54 Å². The molecule has 15 heavy (non-hydrogen) atoms. The second-order valence-electron chi connectivity index (χ2n) is 3.42. The zero-order valence-corrected chi connectivity index (χ0v) is 9.83. The molecule has 0 radical (unpaired) electrons. The molecule has 0 saturated carbocycles. The Morgan fingerprint density at radius 1 is 1.67 bits per heavy atom. The molecule has 1 atom stereocenters. The molecule has 1 aromatic rings. The zero-order chi connectivity index (χ0) is 11.3. The number of nitrogens with zero attached hydrogens (tertiary/aromatic N) is 2. The molecule has 0 fully saturated rings. The molecule has 1 unspecified atom stereocenters. The molecular formula is C10H16N2O2S. The summed E-state index contributed by atoms with van der Waals surface area (Å²) in [5.74, 6) is 0.901. The first-order valence-electron chi connectivity index (χ1n) is 4.98. The smallest absolute Gasteiger partial charge is 0.283 e. The molecule has 1 heterocycles. The molecule has 4 nitrogen and oxygen atoms in total. The Morgan fingerprint density at radius 2 is 2.40 bits per heavy atom. The number of aryl methyl sites for hydroxylation is 1. The van der Waals surface area contributed by atoms with Crippen LogP contribution in [0.1, 0.15) is 13.8 Å². The molecule has 0 aromatic carbocycles. The van der Waals surface area contributed by atoms with Gasteiger partial charge in [0.25, 0.3) is 5.56 Å². The van der Waals surface area contributed by atoms with Crippen LogP contribution in [0, 0.1) is 5.92 Å². The summed E-state index contributed by atoms with van der Waals surface area (Å²) in [7, 11) is 0. The van der Waals surface area contributed by atoms with Crippen LogP contribution in [0.5, 0.6) is 0 Å². The van der Waals surface area contributed by atoms with Gasteiger partial charge in [-0.05, 0) is 12.8 Å². The highest BCUT2D eigenvalue weighted by molar-refractivity contribution is 7.99. The van der Waals surface area contributed by atoms with Crippen LogP contribution < -0.4 is 5.56 Å². The van der Waals surface area contributed by atoms with Gasteiger partial charge in [-0.15, -0.1) is 11.8 Å². The predicted molar refractivity (Wildman–Crippen MR) is 61.1 cm³/mol. The lowest BCUT2D eigenvalue weighted by atomic mass is 10.2. The highest BCUT2D eigenvalue weighted by Crippen LogP contribution is 2.14. The minimum Gasteiger partial charge on any atom is -0.396 e. The molecule has 1 N–H and O–H groups in total. The van der Waals surface area contributed by atoms with Gasteiger partial charge in [-0.2, -0.15) is 0 Å². The standard InChI is InChI=1S/C10H16N2O2S/c1-3-12-5-4-11-9(10(12)14)15-7-8(2)6-13/h4-5,8,13H,3,6-7H2,1-2H3. The van der Waals surface area contributed by atoms with Gasteiger partial charge in [-0.1, -0.05) is 6.92 Å². The predicted octanol–water partition coefficient (Wildman–Crippen LogP) is 0.984. The number of aliphatic hydroxyl groups is 1. The Morgan fingerprint density at radius 3 is 3.00 bits per heavy atom.